The molecule has 1 aromatic rings. The number of nitrogens with one attached hydrogen (secondary N) is 1. The molecule has 0 aliphatic heterocycles. The van der Waals surface area contributed by atoms with E-state index in [2.05, 4.69) is 5.32 Å². The van der Waals surface area contributed by atoms with Gasteiger partial charge in [0, 0.05) is 12.5 Å². The lowest BCUT2D eigenvalue weighted by Crippen LogP contribution is -2.43. The van der Waals surface area contributed by atoms with Crippen LogP contribution in [0.3, 0.4) is 0 Å². The predicted octanol–water partition coefficient (Wildman–Crippen LogP) is 2.96. The van der Waals surface area contributed by atoms with Gasteiger partial charge in [-0.1, -0.05) is 30.3 Å². The molecule has 0 fully saturated rings. The summed E-state index contributed by atoms with van der Waals surface area (Å²) in [7, 11) is 0. The highest BCUT2D eigenvalue weighted by molar-refractivity contribution is 5.85. The summed E-state index contributed by atoms with van der Waals surface area (Å²) in [4.78, 5) is 11.2. The molecule has 0 saturated carbocycles. The van der Waals surface area contributed by atoms with Crippen molar-refractivity contribution in [1.82, 2.24) is 5.32 Å². The quantitative estimate of drug-likeness (QED) is 0.849. The molecule has 0 aliphatic rings. The van der Waals surface area contributed by atoms with E-state index in [0.717, 1.165) is 5.56 Å². The Bertz CT molecular complexity index is 412. The molecule has 0 bridgehead atoms. The molecule has 0 spiro atoms. The first-order valence-electron chi connectivity index (χ1n) is 5.96. The molecule has 114 valence electrons. The lowest BCUT2D eigenvalue weighted by molar-refractivity contribution is -0.138. The van der Waals surface area contributed by atoms with E-state index in [4.69, 9.17) is 5.73 Å². The topological polar surface area (TPSA) is 55.1 Å². The third-order valence-corrected chi connectivity index (χ3v) is 2.81. The van der Waals surface area contributed by atoms with E-state index >= 15 is 0 Å². The van der Waals surface area contributed by atoms with Crippen LogP contribution in [0.25, 0.3) is 0 Å². The highest BCUT2D eigenvalue weighted by Gasteiger charge is 2.30. The average molecular weight is 311 g/mol. The first-order valence-corrected chi connectivity index (χ1v) is 5.96. The predicted molar refractivity (Wildman–Crippen MR) is 73.5 cm³/mol. The van der Waals surface area contributed by atoms with E-state index in [9.17, 15) is 18.0 Å². The number of hydrogen-bond donors (Lipinski definition) is 2. The van der Waals surface area contributed by atoms with Gasteiger partial charge in [-0.05, 0) is 18.9 Å². The minimum Gasteiger partial charge on any atom is -0.368 e. The van der Waals surface area contributed by atoms with E-state index in [1.165, 1.54) is 0 Å². The van der Waals surface area contributed by atoms with Gasteiger partial charge in [-0.25, -0.2) is 0 Å². The van der Waals surface area contributed by atoms with Gasteiger partial charge in [0.1, 0.15) is 0 Å². The van der Waals surface area contributed by atoms with E-state index in [0.29, 0.717) is 0 Å². The lowest BCUT2D eigenvalue weighted by Gasteiger charge is -2.21. The SMILES string of the molecule is C[C@H](N[C@@H](CCC(F)(F)F)C(N)=O)c1ccccc1.Cl. The van der Waals surface area contributed by atoms with E-state index < -0.39 is 24.5 Å². The van der Waals surface area contributed by atoms with Gasteiger partial charge in [0.15, 0.2) is 0 Å². The molecule has 0 aliphatic carbocycles. The molecule has 20 heavy (non-hydrogen) atoms. The van der Waals surface area contributed by atoms with Crippen LogP contribution in [-0.2, 0) is 4.79 Å². The molecule has 0 aromatic heterocycles. The smallest absolute Gasteiger partial charge is 0.368 e. The van der Waals surface area contributed by atoms with Gasteiger partial charge in [0.05, 0.1) is 6.04 Å². The number of benzene rings is 1. The van der Waals surface area contributed by atoms with Crippen molar-refractivity contribution in [2.24, 2.45) is 5.73 Å². The van der Waals surface area contributed by atoms with E-state index in [1.807, 2.05) is 30.3 Å². The fourth-order valence-corrected chi connectivity index (χ4v) is 1.76. The van der Waals surface area contributed by atoms with Crippen molar-refractivity contribution in [2.45, 2.75) is 38.0 Å². The van der Waals surface area contributed by atoms with Gasteiger partial charge in [-0.15, -0.1) is 12.4 Å². The van der Waals surface area contributed by atoms with E-state index in [-0.39, 0.29) is 24.9 Å². The molecule has 0 unspecified atom stereocenters. The molecular formula is C13H18ClF3N2O. The number of hydrogen-bond acceptors (Lipinski definition) is 2. The van der Waals surface area contributed by atoms with Crippen molar-refractivity contribution in [3.8, 4) is 0 Å². The Labute approximate surface area is 122 Å². The molecule has 1 aromatic carbocycles. The van der Waals surface area contributed by atoms with Crippen LogP contribution in [0.4, 0.5) is 13.2 Å². The molecule has 3 nitrogen and oxygen atoms in total. The first kappa shape index (κ1) is 18.7. The summed E-state index contributed by atoms with van der Waals surface area (Å²) in [5, 5.41) is 2.83. The summed E-state index contributed by atoms with van der Waals surface area (Å²) in [6.07, 6.45) is -5.67. The number of rotatable bonds is 6. The lowest BCUT2D eigenvalue weighted by atomic mass is 10.1. The minimum atomic E-state index is -4.29. The molecular weight excluding hydrogens is 293 g/mol. The standard InChI is InChI=1S/C13H17F3N2O.ClH/c1-9(10-5-3-2-4-6-10)18-11(12(17)19)7-8-13(14,15)16;/h2-6,9,11,18H,7-8H2,1H3,(H2,17,19);1H/t9-,11-;/m0./s1. The number of carbonyl (C=O) groups is 1. The van der Waals surface area contributed by atoms with E-state index in [1.54, 1.807) is 6.92 Å². The summed E-state index contributed by atoms with van der Waals surface area (Å²) < 4.78 is 36.5. The Morgan fingerprint density at radius 3 is 2.30 bits per heavy atom. The monoisotopic (exact) mass is 310 g/mol. The maximum Gasteiger partial charge on any atom is 0.389 e. The number of primary amides is 1. The van der Waals surface area contributed by atoms with Gasteiger partial charge in [-0.2, -0.15) is 13.2 Å². The number of amides is 1. The van der Waals surface area contributed by atoms with Gasteiger partial charge in [-0.3, -0.25) is 10.1 Å². The van der Waals surface area contributed by atoms with Gasteiger partial charge >= 0.3 is 6.18 Å². The zero-order chi connectivity index (χ0) is 14.5. The summed E-state index contributed by atoms with van der Waals surface area (Å²) in [5.74, 6) is -0.771. The van der Waals surface area contributed by atoms with Crippen molar-refractivity contribution >= 4 is 18.3 Å². The fraction of sp³-hybridized carbons (Fsp3) is 0.462. The molecule has 2 atom stereocenters. The second kappa shape index (κ2) is 8.11. The Hall–Kier alpha value is -1.27. The number of halogens is 4. The number of carbonyl (C=O) groups excluding carboxylic acids is 1. The molecule has 0 saturated heterocycles. The average Bonchev–Trinajstić information content (AvgIpc) is 2.33. The number of nitrogens with two attached hydrogens (primary N) is 1. The van der Waals surface area contributed by atoms with Crippen molar-refractivity contribution in [1.29, 1.82) is 0 Å². The van der Waals surface area contributed by atoms with Crippen molar-refractivity contribution < 1.29 is 18.0 Å². The van der Waals surface area contributed by atoms with Crippen LogP contribution in [-0.4, -0.2) is 18.1 Å². The highest BCUT2D eigenvalue weighted by atomic mass is 35.5. The Morgan fingerprint density at radius 2 is 1.85 bits per heavy atom. The van der Waals surface area contributed by atoms with Crippen LogP contribution in [0.2, 0.25) is 0 Å². The largest absolute Gasteiger partial charge is 0.389 e. The summed E-state index contributed by atoms with van der Waals surface area (Å²) >= 11 is 0. The summed E-state index contributed by atoms with van der Waals surface area (Å²) in [6, 6.07) is 7.92. The summed E-state index contributed by atoms with van der Waals surface area (Å²) in [5.41, 5.74) is 6.01. The normalized spacial score (nSPS) is 14.2. The second-order valence-electron chi connectivity index (χ2n) is 4.41. The van der Waals surface area contributed by atoms with Crippen molar-refractivity contribution in [3.05, 3.63) is 35.9 Å². The molecule has 7 heteroatoms. The Morgan fingerprint density at radius 1 is 1.30 bits per heavy atom. The van der Waals surface area contributed by atoms with Gasteiger partial charge in [0.2, 0.25) is 5.91 Å². The zero-order valence-electron chi connectivity index (χ0n) is 11.0. The number of alkyl halides is 3. The van der Waals surface area contributed by atoms with Crippen LogP contribution in [0.15, 0.2) is 30.3 Å². The fourth-order valence-electron chi connectivity index (χ4n) is 1.76. The molecule has 0 radical (unpaired) electrons. The first-order chi connectivity index (χ1) is 8.79. The Balaban J connectivity index is 0.00000361. The zero-order valence-corrected chi connectivity index (χ0v) is 11.8. The van der Waals surface area contributed by atoms with Crippen molar-refractivity contribution in [3.63, 3.8) is 0 Å². The minimum absolute atomic E-state index is 0. The maximum absolute atomic E-state index is 12.2. The molecule has 1 amide bonds. The third-order valence-electron chi connectivity index (χ3n) is 2.81. The maximum atomic E-state index is 12.2. The van der Waals surface area contributed by atoms with Crippen LogP contribution in [0.5, 0.6) is 0 Å². The Kier molecular flexibility index (Phi) is 7.60. The molecule has 3 N–H and O–H groups in total. The highest BCUT2D eigenvalue weighted by Crippen LogP contribution is 2.23. The van der Waals surface area contributed by atoms with Crippen LogP contribution in [0, 0.1) is 0 Å². The third kappa shape index (κ3) is 6.77. The van der Waals surface area contributed by atoms with Gasteiger partial charge in [0.25, 0.3) is 0 Å². The van der Waals surface area contributed by atoms with Crippen LogP contribution < -0.4 is 11.1 Å². The van der Waals surface area contributed by atoms with Crippen LogP contribution >= 0.6 is 12.4 Å². The summed E-state index contributed by atoms with van der Waals surface area (Å²) in [6.45, 7) is 1.78. The van der Waals surface area contributed by atoms with Crippen LogP contribution in [0.1, 0.15) is 31.4 Å². The van der Waals surface area contributed by atoms with Gasteiger partial charge < -0.3 is 5.73 Å². The second-order valence-corrected chi connectivity index (χ2v) is 4.41. The molecule has 1 rings (SSSR count). The molecule has 0 heterocycles. The van der Waals surface area contributed by atoms with Crippen molar-refractivity contribution in [2.75, 3.05) is 0 Å².